The van der Waals surface area contributed by atoms with E-state index in [0.29, 0.717) is 12.1 Å². The number of nitrogens with zero attached hydrogens (tertiary/aromatic N) is 3. The van der Waals surface area contributed by atoms with Gasteiger partial charge in [-0.3, -0.25) is 0 Å². The topological polar surface area (TPSA) is 60.9 Å². The summed E-state index contributed by atoms with van der Waals surface area (Å²) in [5.74, 6) is 0. The molecule has 2 heterocycles. The van der Waals surface area contributed by atoms with Crippen molar-refractivity contribution < 1.29 is 4.42 Å². The lowest BCUT2D eigenvalue weighted by Gasteiger charge is -2.05. The molecule has 0 unspecified atom stereocenters. The van der Waals surface area contributed by atoms with Gasteiger partial charge in [-0.1, -0.05) is 47.7 Å². The third-order valence-corrected chi connectivity index (χ3v) is 4.93. The lowest BCUT2D eigenvalue weighted by Crippen LogP contribution is -1.99. The Kier molecular flexibility index (Phi) is 3.79. The molecule has 0 spiro atoms. The zero-order chi connectivity index (χ0) is 19.1. The predicted octanol–water partition coefficient (Wildman–Crippen LogP) is 4.56. The predicted molar refractivity (Wildman–Crippen MR) is 109 cm³/mol. The first-order chi connectivity index (χ1) is 13.7. The van der Waals surface area contributed by atoms with Gasteiger partial charge >= 0.3 is 5.63 Å². The van der Waals surface area contributed by atoms with E-state index in [2.05, 4.69) is 34.6 Å². The smallest absolute Gasteiger partial charge is 0.336 e. The molecule has 0 aliphatic rings. The van der Waals surface area contributed by atoms with Crippen LogP contribution in [0.3, 0.4) is 0 Å². The van der Waals surface area contributed by atoms with Crippen LogP contribution in [0.25, 0.3) is 33.0 Å². The number of hydrogen-bond donors (Lipinski definition) is 0. The quantitative estimate of drug-likeness (QED) is 0.346. The Morgan fingerprint density at radius 2 is 1.82 bits per heavy atom. The minimum absolute atomic E-state index is 0.329. The summed E-state index contributed by atoms with van der Waals surface area (Å²) in [5, 5.41) is 11.6. The Morgan fingerprint density at radius 3 is 2.68 bits per heavy atom. The Balaban J connectivity index is 1.54. The van der Waals surface area contributed by atoms with Crippen molar-refractivity contribution in [3.8, 4) is 11.3 Å². The first-order valence-corrected chi connectivity index (χ1v) is 9.08. The SMILES string of the molecule is Cc1cc(=O)oc2cc3cc(-c4cn(Cc5ccccc5)nn4)ccc3cc12. The summed E-state index contributed by atoms with van der Waals surface area (Å²) in [4.78, 5) is 11.7. The fraction of sp³-hybridized carbons (Fsp3) is 0.0870. The Bertz CT molecular complexity index is 1370. The van der Waals surface area contributed by atoms with Crippen LogP contribution in [0.5, 0.6) is 0 Å². The molecule has 5 rings (SSSR count). The van der Waals surface area contributed by atoms with Crippen molar-refractivity contribution >= 4 is 21.7 Å². The van der Waals surface area contributed by atoms with Gasteiger partial charge in [0.2, 0.25) is 0 Å². The van der Waals surface area contributed by atoms with E-state index in [1.807, 2.05) is 54.2 Å². The van der Waals surface area contributed by atoms with Gasteiger partial charge in [0.1, 0.15) is 11.3 Å². The minimum Gasteiger partial charge on any atom is -0.423 e. The first-order valence-electron chi connectivity index (χ1n) is 9.08. The summed E-state index contributed by atoms with van der Waals surface area (Å²) in [6.45, 7) is 2.60. The van der Waals surface area contributed by atoms with Gasteiger partial charge < -0.3 is 4.42 Å². The number of hydrogen-bond acceptors (Lipinski definition) is 4. The summed E-state index contributed by atoms with van der Waals surface area (Å²) < 4.78 is 7.21. The molecule has 28 heavy (non-hydrogen) atoms. The molecule has 136 valence electrons. The van der Waals surface area contributed by atoms with Crippen molar-refractivity contribution in [2.75, 3.05) is 0 Å². The zero-order valence-electron chi connectivity index (χ0n) is 15.3. The van der Waals surface area contributed by atoms with Crippen LogP contribution >= 0.6 is 0 Å². The van der Waals surface area contributed by atoms with Crippen molar-refractivity contribution in [3.05, 3.63) is 94.5 Å². The second-order valence-corrected chi connectivity index (χ2v) is 6.95. The van der Waals surface area contributed by atoms with Gasteiger partial charge in [0, 0.05) is 17.0 Å². The van der Waals surface area contributed by atoms with Crippen LogP contribution in [-0.2, 0) is 6.54 Å². The second-order valence-electron chi connectivity index (χ2n) is 6.95. The van der Waals surface area contributed by atoms with Crippen molar-refractivity contribution in [1.82, 2.24) is 15.0 Å². The van der Waals surface area contributed by atoms with Gasteiger partial charge in [0.05, 0.1) is 12.7 Å². The van der Waals surface area contributed by atoms with Crippen molar-refractivity contribution in [2.45, 2.75) is 13.5 Å². The van der Waals surface area contributed by atoms with Gasteiger partial charge in [-0.2, -0.15) is 0 Å². The van der Waals surface area contributed by atoms with Crippen molar-refractivity contribution in [2.24, 2.45) is 0 Å². The molecule has 5 nitrogen and oxygen atoms in total. The molecule has 3 aromatic carbocycles. The number of aryl methyl sites for hydroxylation is 1. The normalized spacial score (nSPS) is 11.3. The molecule has 0 bridgehead atoms. The molecule has 0 atom stereocenters. The van der Waals surface area contributed by atoms with Gasteiger partial charge in [-0.25, -0.2) is 9.48 Å². The highest BCUT2D eigenvalue weighted by Gasteiger charge is 2.08. The third kappa shape index (κ3) is 2.97. The zero-order valence-corrected chi connectivity index (χ0v) is 15.3. The average Bonchev–Trinajstić information content (AvgIpc) is 3.15. The van der Waals surface area contributed by atoms with Crippen LogP contribution in [0.15, 0.2) is 82.1 Å². The maximum Gasteiger partial charge on any atom is 0.336 e. The van der Waals surface area contributed by atoms with E-state index in [0.717, 1.165) is 33.0 Å². The second kappa shape index (κ2) is 6.46. The number of aromatic nitrogens is 3. The number of fused-ring (bicyclic) bond motifs is 2. The van der Waals surface area contributed by atoms with Gasteiger partial charge in [-0.15, -0.1) is 5.10 Å². The summed E-state index contributed by atoms with van der Waals surface area (Å²) in [6.07, 6.45) is 1.94. The van der Waals surface area contributed by atoms with Crippen LogP contribution < -0.4 is 5.63 Å². The fourth-order valence-electron chi connectivity index (χ4n) is 3.50. The molecule has 5 aromatic rings. The molecule has 0 saturated carbocycles. The van der Waals surface area contributed by atoms with Gasteiger partial charge in [0.15, 0.2) is 0 Å². The molecule has 0 amide bonds. The highest BCUT2D eigenvalue weighted by Crippen LogP contribution is 2.28. The molecule has 2 aromatic heterocycles. The molecular weight excluding hydrogens is 350 g/mol. The van der Waals surface area contributed by atoms with E-state index >= 15 is 0 Å². The average molecular weight is 367 g/mol. The first kappa shape index (κ1) is 16.4. The molecule has 0 radical (unpaired) electrons. The Hall–Kier alpha value is -3.73. The van der Waals surface area contributed by atoms with E-state index in [-0.39, 0.29) is 5.63 Å². The highest BCUT2D eigenvalue weighted by molar-refractivity contribution is 5.98. The maximum atomic E-state index is 11.7. The third-order valence-electron chi connectivity index (χ3n) is 4.93. The van der Waals surface area contributed by atoms with E-state index in [9.17, 15) is 4.79 Å². The highest BCUT2D eigenvalue weighted by atomic mass is 16.4. The van der Waals surface area contributed by atoms with E-state index in [1.165, 1.54) is 11.6 Å². The summed E-state index contributed by atoms with van der Waals surface area (Å²) in [5.41, 5.74) is 4.15. The lowest BCUT2D eigenvalue weighted by atomic mass is 10.0. The van der Waals surface area contributed by atoms with E-state index < -0.39 is 0 Å². The van der Waals surface area contributed by atoms with Crippen LogP contribution in [0, 0.1) is 6.92 Å². The fourth-order valence-corrected chi connectivity index (χ4v) is 3.50. The standard InChI is InChI=1S/C23H17N3O2/c1-15-9-23(27)28-22-12-19-10-18(8-7-17(19)11-20(15)22)21-14-26(25-24-21)13-16-5-3-2-4-6-16/h2-12,14H,13H2,1H3. The Morgan fingerprint density at radius 1 is 0.964 bits per heavy atom. The molecule has 0 saturated heterocycles. The largest absolute Gasteiger partial charge is 0.423 e. The number of rotatable bonds is 3. The van der Waals surface area contributed by atoms with Crippen LogP contribution in [0.4, 0.5) is 0 Å². The Labute approximate surface area is 160 Å². The van der Waals surface area contributed by atoms with Crippen LogP contribution in [0.2, 0.25) is 0 Å². The summed E-state index contributed by atoms with van der Waals surface area (Å²) in [7, 11) is 0. The molecular formula is C23H17N3O2. The lowest BCUT2D eigenvalue weighted by molar-refractivity contribution is 0.560. The number of benzene rings is 3. The van der Waals surface area contributed by atoms with Crippen LogP contribution in [0.1, 0.15) is 11.1 Å². The van der Waals surface area contributed by atoms with E-state index in [1.54, 1.807) is 0 Å². The van der Waals surface area contributed by atoms with E-state index in [4.69, 9.17) is 4.42 Å². The summed E-state index contributed by atoms with van der Waals surface area (Å²) >= 11 is 0. The van der Waals surface area contributed by atoms with Gasteiger partial charge in [0.25, 0.3) is 0 Å². The van der Waals surface area contributed by atoms with Crippen molar-refractivity contribution in [3.63, 3.8) is 0 Å². The monoisotopic (exact) mass is 367 g/mol. The van der Waals surface area contributed by atoms with Gasteiger partial charge in [-0.05, 0) is 47.0 Å². The minimum atomic E-state index is -0.329. The molecule has 0 aliphatic carbocycles. The van der Waals surface area contributed by atoms with Crippen LogP contribution in [-0.4, -0.2) is 15.0 Å². The molecule has 5 heteroatoms. The summed E-state index contributed by atoms with van der Waals surface area (Å²) in [6, 6.07) is 21.8. The van der Waals surface area contributed by atoms with Crippen molar-refractivity contribution in [1.29, 1.82) is 0 Å². The molecule has 0 fully saturated rings. The molecule has 0 aliphatic heterocycles. The maximum absolute atomic E-state index is 11.7. The molecule has 0 N–H and O–H groups in total.